The minimum Gasteiger partial charge on any atom is -0.317 e. The van der Waals surface area contributed by atoms with E-state index >= 15 is 0 Å². The van der Waals surface area contributed by atoms with Crippen LogP contribution < -0.4 is 5.32 Å². The number of hydrogen-bond acceptors (Lipinski definition) is 1. The van der Waals surface area contributed by atoms with E-state index in [-0.39, 0.29) is 0 Å². The Balaban J connectivity index is 2.29. The topological polar surface area (TPSA) is 12.0 Å². The standard InChI is InChI=1S/C17H27N/c1-11-10-12(2)14(4)17(13(11)3)15-6-8-16(18-5)9-7-15/h10,15-16,18H,6-9H2,1-5H3. The second-order valence-corrected chi connectivity index (χ2v) is 6.01. The van der Waals surface area contributed by atoms with Gasteiger partial charge in [-0.3, -0.25) is 0 Å². The van der Waals surface area contributed by atoms with E-state index < -0.39 is 0 Å². The van der Waals surface area contributed by atoms with Gasteiger partial charge in [-0.25, -0.2) is 0 Å². The summed E-state index contributed by atoms with van der Waals surface area (Å²) < 4.78 is 0. The highest BCUT2D eigenvalue weighted by Gasteiger charge is 2.24. The molecule has 0 unspecified atom stereocenters. The summed E-state index contributed by atoms with van der Waals surface area (Å²) in [7, 11) is 2.10. The maximum absolute atomic E-state index is 3.43. The zero-order valence-corrected chi connectivity index (χ0v) is 12.6. The molecule has 2 rings (SSSR count). The van der Waals surface area contributed by atoms with Gasteiger partial charge in [0.05, 0.1) is 0 Å². The maximum Gasteiger partial charge on any atom is 0.00644 e. The molecule has 0 spiro atoms. The van der Waals surface area contributed by atoms with Gasteiger partial charge in [0, 0.05) is 6.04 Å². The Morgan fingerprint density at radius 3 is 1.83 bits per heavy atom. The van der Waals surface area contributed by atoms with Gasteiger partial charge in [-0.15, -0.1) is 0 Å². The predicted molar refractivity (Wildman–Crippen MR) is 79.4 cm³/mol. The third-order valence-corrected chi connectivity index (χ3v) is 4.97. The normalized spacial score (nSPS) is 24.3. The molecule has 1 aliphatic carbocycles. The van der Waals surface area contributed by atoms with Crippen LogP contribution in [0.4, 0.5) is 0 Å². The Morgan fingerprint density at radius 1 is 0.889 bits per heavy atom. The van der Waals surface area contributed by atoms with Gasteiger partial charge in [-0.2, -0.15) is 0 Å². The summed E-state index contributed by atoms with van der Waals surface area (Å²) in [5, 5.41) is 3.43. The lowest BCUT2D eigenvalue weighted by Crippen LogP contribution is -2.30. The maximum atomic E-state index is 3.43. The van der Waals surface area contributed by atoms with Crippen LogP contribution in [0, 0.1) is 27.7 Å². The van der Waals surface area contributed by atoms with Gasteiger partial charge in [0.1, 0.15) is 0 Å². The Hall–Kier alpha value is -0.820. The molecule has 0 saturated heterocycles. The quantitative estimate of drug-likeness (QED) is 0.824. The molecule has 0 amide bonds. The Bertz CT molecular complexity index is 399. The minimum atomic E-state index is 0.743. The van der Waals surface area contributed by atoms with Crippen LogP contribution in [0.15, 0.2) is 6.07 Å². The van der Waals surface area contributed by atoms with Crippen molar-refractivity contribution >= 4 is 0 Å². The largest absolute Gasteiger partial charge is 0.317 e. The molecule has 1 aromatic carbocycles. The molecule has 18 heavy (non-hydrogen) atoms. The lowest BCUT2D eigenvalue weighted by molar-refractivity contribution is 0.357. The minimum absolute atomic E-state index is 0.743. The average Bonchev–Trinajstić information content (AvgIpc) is 2.37. The molecule has 0 atom stereocenters. The Kier molecular flexibility index (Phi) is 4.11. The van der Waals surface area contributed by atoms with Crippen molar-refractivity contribution in [3.05, 3.63) is 33.9 Å². The molecule has 1 saturated carbocycles. The van der Waals surface area contributed by atoms with Crippen LogP contribution in [0.5, 0.6) is 0 Å². The molecule has 1 heteroatoms. The van der Waals surface area contributed by atoms with Gasteiger partial charge in [0.15, 0.2) is 0 Å². The molecule has 1 aliphatic rings. The molecular formula is C17H27N. The lowest BCUT2D eigenvalue weighted by atomic mass is 9.77. The fourth-order valence-electron chi connectivity index (χ4n) is 3.53. The van der Waals surface area contributed by atoms with Gasteiger partial charge in [-0.1, -0.05) is 6.07 Å². The SMILES string of the molecule is CNC1CCC(c2c(C)c(C)cc(C)c2C)CC1. The number of nitrogens with one attached hydrogen (secondary N) is 1. The first-order valence-electron chi connectivity index (χ1n) is 7.29. The monoisotopic (exact) mass is 245 g/mol. The van der Waals surface area contributed by atoms with Crippen LogP contribution in [0.3, 0.4) is 0 Å². The van der Waals surface area contributed by atoms with Crippen molar-refractivity contribution in [2.75, 3.05) is 7.05 Å². The highest BCUT2D eigenvalue weighted by Crippen LogP contribution is 2.38. The summed E-state index contributed by atoms with van der Waals surface area (Å²) >= 11 is 0. The third-order valence-electron chi connectivity index (χ3n) is 4.97. The summed E-state index contributed by atoms with van der Waals surface area (Å²) in [5.74, 6) is 0.785. The zero-order valence-electron chi connectivity index (χ0n) is 12.6. The number of aryl methyl sites for hydroxylation is 2. The van der Waals surface area contributed by atoms with Crippen molar-refractivity contribution in [2.45, 2.75) is 65.3 Å². The van der Waals surface area contributed by atoms with E-state index in [4.69, 9.17) is 0 Å². The molecule has 0 radical (unpaired) electrons. The van der Waals surface area contributed by atoms with Crippen LogP contribution >= 0.6 is 0 Å². The Labute approximate surface area is 112 Å². The second-order valence-electron chi connectivity index (χ2n) is 6.01. The molecule has 1 N–H and O–H groups in total. The number of rotatable bonds is 2. The van der Waals surface area contributed by atoms with Gasteiger partial charge in [0.2, 0.25) is 0 Å². The molecule has 0 aliphatic heterocycles. The van der Waals surface area contributed by atoms with Crippen molar-refractivity contribution in [1.82, 2.24) is 5.32 Å². The van der Waals surface area contributed by atoms with E-state index in [1.54, 1.807) is 5.56 Å². The molecule has 1 aromatic rings. The van der Waals surface area contributed by atoms with Crippen LogP contribution in [0.25, 0.3) is 0 Å². The highest BCUT2D eigenvalue weighted by molar-refractivity contribution is 5.46. The summed E-state index contributed by atoms with van der Waals surface area (Å²) in [6, 6.07) is 3.08. The highest BCUT2D eigenvalue weighted by atomic mass is 14.9. The van der Waals surface area contributed by atoms with Crippen molar-refractivity contribution in [3.63, 3.8) is 0 Å². The van der Waals surface area contributed by atoms with Crippen LogP contribution in [0.2, 0.25) is 0 Å². The Morgan fingerprint density at radius 2 is 1.39 bits per heavy atom. The smallest absolute Gasteiger partial charge is 0.00644 e. The van der Waals surface area contributed by atoms with E-state index in [1.807, 2.05) is 0 Å². The summed E-state index contributed by atoms with van der Waals surface area (Å²) in [6.07, 6.45) is 5.34. The summed E-state index contributed by atoms with van der Waals surface area (Å²) in [6.45, 7) is 9.12. The predicted octanol–water partition coefficient (Wildman–Crippen LogP) is 4.17. The van der Waals surface area contributed by atoms with Crippen molar-refractivity contribution < 1.29 is 0 Å². The summed E-state index contributed by atoms with van der Waals surface area (Å²) in [5.41, 5.74) is 7.65. The molecule has 100 valence electrons. The molecular weight excluding hydrogens is 218 g/mol. The van der Waals surface area contributed by atoms with Crippen LogP contribution in [0.1, 0.15) is 59.4 Å². The van der Waals surface area contributed by atoms with Gasteiger partial charge in [-0.05, 0) is 94.2 Å². The molecule has 0 bridgehead atoms. The van der Waals surface area contributed by atoms with E-state index in [0.29, 0.717) is 0 Å². The fourth-order valence-corrected chi connectivity index (χ4v) is 3.53. The molecule has 1 fully saturated rings. The van der Waals surface area contributed by atoms with Crippen LogP contribution in [-0.2, 0) is 0 Å². The molecule has 0 heterocycles. The van der Waals surface area contributed by atoms with E-state index in [9.17, 15) is 0 Å². The zero-order chi connectivity index (χ0) is 13.3. The average molecular weight is 245 g/mol. The lowest BCUT2D eigenvalue weighted by Gasteiger charge is -2.31. The number of benzene rings is 1. The van der Waals surface area contributed by atoms with Crippen molar-refractivity contribution in [3.8, 4) is 0 Å². The third kappa shape index (κ3) is 2.47. The van der Waals surface area contributed by atoms with E-state index in [1.165, 1.54) is 47.9 Å². The van der Waals surface area contributed by atoms with Crippen LogP contribution in [-0.4, -0.2) is 13.1 Å². The van der Waals surface area contributed by atoms with E-state index in [0.717, 1.165) is 12.0 Å². The van der Waals surface area contributed by atoms with Crippen molar-refractivity contribution in [2.24, 2.45) is 0 Å². The first-order valence-corrected chi connectivity index (χ1v) is 7.29. The molecule has 1 nitrogen and oxygen atoms in total. The number of hydrogen-bond donors (Lipinski definition) is 1. The first-order chi connectivity index (χ1) is 8.54. The van der Waals surface area contributed by atoms with Gasteiger partial charge in [0.25, 0.3) is 0 Å². The van der Waals surface area contributed by atoms with E-state index in [2.05, 4.69) is 46.1 Å². The van der Waals surface area contributed by atoms with Gasteiger partial charge < -0.3 is 5.32 Å². The fraction of sp³-hybridized carbons (Fsp3) is 0.647. The first kappa shape index (κ1) is 13.6. The van der Waals surface area contributed by atoms with Crippen molar-refractivity contribution in [1.29, 1.82) is 0 Å². The summed E-state index contributed by atoms with van der Waals surface area (Å²) in [4.78, 5) is 0. The second kappa shape index (κ2) is 5.44. The van der Waals surface area contributed by atoms with Gasteiger partial charge >= 0.3 is 0 Å². The molecule has 0 aromatic heterocycles.